The van der Waals surface area contributed by atoms with Crippen molar-refractivity contribution in [3.63, 3.8) is 0 Å². The molecule has 2 aromatic carbocycles. The summed E-state index contributed by atoms with van der Waals surface area (Å²) in [4.78, 5) is 12.1. The van der Waals surface area contributed by atoms with Gasteiger partial charge in [0.2, 0.25) is 0 Å². The van der Waals surface area contributed by atoms with E-state index in [1.54, 1.807) is 6.08 Å². The number of rotatable bonds is 2. The number of carbonyl (C=O) groups is 1. The van der Waals surface area contributed by atoms with Gasteiger partial charge in [0, 0.05) is 24.7 Å². The molecule has 1 fully saturated rings. The molecule has 1 aliphatic heterocycles. The highest BCUT2D eigenvalue weighted by Gasteiger charge is 2.08. The topological polar surface area (TPSA) is 41.1 Å². The van der Waals surface area contributed by atoms with Gasteiger partial charge in [0.25, 0.3) is 0 Å². The van der Waals surface area contributed by atoms with E-state index in [4.69, 9.17) is 0 Å². The highest BCUT2D eigenvalue weighted by atomic mass is 16.1. The fourth-order valence-corrected chi connectivity index (χ4v) is 2.12. The van der Waals surface area contributed by atoms with Crippen molar-refractivity contribution in [2.24, 2.45) is 0 Å². The van der Waals surface area contributed by atoms with Crippen LogP contribution < -0.4 is 10.6 Å². The first kappa shape index (κ1) is 10.8. The zero-order valence-electron chi connectivity index (χ0n) is 9.94. The third kappa shape index (κ3) is 2.07. The van der Waals surface area contributed by atoms with Gasteiger partial charge >= 0.3 is 0 Å². The van der Waals surface area contributed by atoms with E-state index >= 15 is 0 Å². The van der Waals surface area contributed by atoms with Crippen LogP contribution in [0.3, 0.4) is 0 Å². The normalized spacial score (nSPS) is 14.1. The number of hydrogen-bond acceptors (Lipinski definition) is 3. The van der Waals surface area contributed by atoms with Gasteiger partial charge in [0.15, 0.2) is 5.78 Å². The van der Waals surface area contributed by atoms with E-state index in [0.29, 0.717) is 0 Å². The molecular formula is C15H14N2O. The van der Waals surface area contributed by atoms with Crippen LogP contribution in [-0.4, -0.2) is 18.9 Å². The van der Waals surface area contributed by atoms with Crippen LogP contribution in [0.4, 0.5) is 0 Å². The van der Waals surface area contributed by atoms with Crippen LogP contribution in [0.5, 0.6) is 0 Å². The average molecular weight is 238 g/mol. The van der Waals surface area contributed by atoms with E-state index in [-0.39, 0.29) is 5.78 Å². The molecule has 0 amide bonds. The summed E-state index contributed by atoms with van der Waals surface area (Å²) in [6, 6.07) is 13.8. The summed E-state index contributed by atoms with van der Waals surface area (Å²) in [5.41, 5.74) is 0.719. The molecule has 2 N–H and O–H groups in total. The smallest absolute Gasteiger partial charge is 0.189 e. The number of benzene rings is 2. The molecule has 0 radical (unpaired) electrons. The molecule has 0 aliphatic carbocycles. The number of nitrogens with one attached hydrogen (secondary N) is 2. The minimum Gasteiger partial charge on any atom is -0.370 e. The Balaban J connectivity index is 1.94. The van der Waals surface area contributed by atoms with Crippen molar-refractivity contribution in [1.82, 2.24) is 10.6 Å². The Morgan fingerprint density at radius 1 is 1.00 bits per heavy atom. The summed E-state index contributed by atoms with van der Waals surface area (Å²) >= 11 is 0. The fraction of sp³-hybridized carbons (Fsp3) is 0.133. The Hall–Kier alpha value is -2.29. The van der Waals surface area contributed by atoms with E-state index in [0.717, 1.165) is 35.2 Å². The summed E-state index contributed by atoms with van der Waals surface area (Å²) in [6.45, 7) is 1.74. The second-order valence-corrected chi connectivity index (χ2v) is 4.34. The highest BCUT2D eigenvalue weighted by Crippen LogP contribution is 2.16. The summed E-state index contributed by atoms with van der Waals surface area (Å²) in [5, 5.41) is 8.49. The lowest BCUT2D eigenvalue weighted by Crippen LogP contribution is -2.12. The zero-order valence-corrected chi connectivity index (χ0v) is 9.94. The lowest BCUT2D eigenvalue weighted by molar-refractivity contribution is 0.104. The van der Waals surface area contributed by atoms with Gasteiger partial charge in [-0.2, -0.15) is 0 Å². The van der Waals surface area contributed by atoms with E-state index in [1.165, 1.54) is 0 Å². The lowest BCUT2D eigenvalue weighted by atomic mass is 10.0. The van der Waals surface area contributed by atoms with E-state index < -0.39 is 0 Å². The van der Waals surface area contributed by atoms with Crippen LogP contribution in [0.15, 0.2) is 54.4 Å². The molecule has 1 aliphatic rings. The average Bonchev–Trinajstić information content (AvgIpc) is 2.91. The first-order chi connectivity index (χ1) is 8.83. The number of fused-ring (bicyclic) bond motifs is 1. The number of carbonyl (C=O) groups excluding carboxylic acids is 1. The SMILES string of the molecule is O=C(C=C1NCCN1)c1ccc2ccccc2c1. The van der Waals surface area contributed by atoms with Crippen LogP contribution >= 0.6 is 0 Å². The van der Waals surface area contributed by atoms with Gasteiger partial charge < -0.3 is 10.6 Å². The van der Waals surface area contributed by atoms with Crippen molar-refractivity contribution in [3.8, 4) is 0 Å². The van der Waals surface area contributed by atoms with Crippen molar-refractivity contribution in [2.45, 2.75) is 0 Å². The number of hydrogen-bond donors (Lipinski definition) is 2. The molecule has 0 atom stereocenters. The third-order valence-electron chi connectivity index (χ3n) is 3.07. The van der Waals surface area contributed by atoms with Crippen LogP contribution in [-0.2, 0) is 0 Å². The molecule has 3 nitrogen and oxygen atoms in total. The van der Waals surface area contributed by atoms with E-state index in [1.807, 2.05) is 42.5 Å². The third-order valence-corrected chi connectivity index (χ3v) is 3.07. The molecule has 0 aromatic heterocycles. The van der Waals surface area contributed by atoms with Crippen molar-refractivity contribution in [3.05, 3.63) is 59.9 Å². The minimum atomic E-state index is 0.0256. The molecule has 1 saturated heterocycles. The van der Waals surface area contributed by atoms with Crippen molar-refractivity contribution >= 4 is 16.6 Å². The Kier molecular flexibility index (Phi) is 2.73. The van der Waals surface area contributed by atoms with Crippen LogP contribution in [0.2, 0.25) is 0 Å². The van der Waals surface area contributed by atoms with Gasteiger partial charge in [-0.1, -0.05) is 36.4 Å². The second-order valence-electron chi connectivity index (χ2n) is 4.34. The summed E-state index contributed by atoms with van der Waals surface area (Å²) in [7, 11) is 0. The summed E-state index contributed by atoms with van der Waals surface area (Å²) in [5.74, 6) is 0.839. The van der Waals surface area contributed by atoms with E-state index in [9.17, 15) is 4.79 Å². The summed E-state index contributed by atoms with van der Waals surface area (Å²) < 4.78 is 0. The molecule has 0 spiro atoms. The molecule has 0 bridgehead atoms. The van der Waals surface area contributed by atoms with Crippen molar-refractivity contribution < 1.29 is 4.79 Å². The van der Waals surface area contributed by atoms with Gasteiger partial charge in [0.1, 0.15) is 5.82 Å². The molecule has 3 rings (SSSR count). The van der Waals surface area contributed by atoms with Gasteiger partial charge in [-0.25, -0.2) is 0 Å². The van der Waals surface area contributed by atoms with Gasteiger partial charge in [-0.05, 0) is 16.8 Å². The van der Waals surface area contributed by atoms with Crippen LogP contribution in [0.1, 0.15) is 10.4 Å². The highest BCUT2D eigenvalue weighted by molar-refractivity contribution is 6.07. The predicted octanol–water partition coefficient (Wildman–Crippen LogP) is 2.06. The first-order valence-electron chi connectivity index (χ1n) is 6.05. The van der Waals surface area contributed by atoms with Gasteiger partial charge in [-0.3, -0.25) is 4.79 Å². The molecule has 0 unspecified atom stereocenters. The fourth-order valence-electron chi connectivity index (χ4n) is 2.12. The molecule has 3 heteroatoms. The molecule has 1 heterocycles. The zero-order chi connectivity index (χ0) is 12.4. The second kappa shape index (κ2) is 4.53. The predicted molar refractivity (Wildman–Crippen MR) is 72.4 cm³/mol. The Morgan fingerprint density at radius 3 is 2.50 bits per heavy atom. The largest absolute Gasteiger partial charge is 0.370 e. The van der Waals surface area contributed by atoms with Gasteiger partial charge in [0.05, 0.1) is 0 Å². The van der Waals surface area contributed by atoms with Crippen LogP contribution in [0.25, 0.3) is 10.8 Å². The maximum absolute atomic E-state index is 12.1. The number of allylic oxidation sites excluding steroid dienone is 1. The Labute approximate surface area is 106 Å². The molecule has 0 saturated carbocycles. The van der Waals surface area contributed by atoms with E-state index in [2.05, 4.69) is 10.6 Å². The molecule has 2 aromatic rings. The quantitative estimate of drug-likeness (QED) is 0.621. The number of ketones is 1. The van der Waals surface area contributed by atoms with Crippen molar-refractivity contribution in [2.75, 3.05) is 13.1 Å². The first-order valence-corrected chi connectivity index (χ1v) is 6.05. The lowest BCUT2D eigenvalue weighted by Gasteiger charge is -2.02. The molecule has 18 heavy (non-hydrogen) atoms. The minimum absolute atomic E-state index is 0.0256. The van der Waals surface area contributed by atoms with Gasteiger partial charge in [-0.15, -0.1) is 0 Å². The molecule has 90 valence electrons. The standard InChI is InChI=1S/C15H14N2O/c18-14(10-15-16-7-8-17-15)13-6-5-11-3-1-2-4-12(11)9-13/h1-6,9-10,16-17H,7-8H2. The maximum Gasteiger partial charge on any atom is 0.189 e. The Bertz CT molecular complexity index is 623. The Morgan fingerprint density at radius 2 is 1.72 bits per heavy atom. The maximum atomic E-state index is 12.1. The monoisotopic (exact) mass is 238 g/mol. The van der Waals surface area contributed by atoms with Crippen LogP contribution in [0, 0.1) is 0 Å². The van der Waals surface area contributed by atoms with Crippen molar-refractivity contribution in [1.29, 1.82) is 0 Å². The molecular weight excluding hydrogens is 224 g/mol. The summed E-state index contributed by atoms with van der Waals surface area (Å²) in [6.07, 6.45) is 1.62.